The molecule has 3 aromatic rings. The fraction of sp³-hybridized carbons (Fsp3) is 0.375. The van der Waals surface area contributed by atoms with Gasteiger partial charge < -0.3 is 10.3 Å². The summed E-state index contributed by atoms with van der Waals surface area (Å²) in [7, 11) is 0. The van der Waals surface area contributed by atoms with Crippen LogP contribution in [0.1, 0.15) is 43.1 Å². The van der Waals surface area contributed by atoms with Crippen LogP contribution in [-0.2, 0) is 12.0 Å². The minimum atomic E-state index is -0.414. The van der Waals surface area contributed by atoms with Crippen molar-refractivity contribution in [3.05, 3.63) is 47.2 Å². The third-order valence-corrected chi connectivity index (χ3v) is 5.09. The molecule has 0 atom stereocenters. The Kier molecular flexibility index (Phi) is 4.93. The van der Waals surface area contributed by atoms with Crippen molar-refractivity contribution >= 4 is 23.7 Å². The van der Waals surface area contributed by atoms with E-state index in [2.05, 4.69) is 20.1 Å². The smallest absolute Gasteiger partial charge is 0.232 e. The second-order valence-corrected chi connectivity index (χ2v) is 6.77. The van der Waals surface area contributed by atoms with Gasteiger partial charge in [-0.05, 0) is 25.0 Å². The molecule has 1 aliphatic carbocycles. The summed E-state index contributed by atoms with van der Waals surface area (Å²) >= 11 is 1.57. The largest absolute Gasteiger partial charge is 0.339 e. The molecule has 3 aromatic heterocycles. The van der Waals surface area contributed by atoms with E-state index in [0.717, 1.165) is 42.1 Å². The first-order valence-corrected chi connectivity index (χ1v) is 8.59. The molecule has 0 unspecified atom stereocenters. The minimum absolute atomic E-state index is 0. The second-order valence-electron chi connectivity index (χ2n) is 5.91. The van der Waals surface area contributed by atoms with Gasteiger partial charge in [-0.15, -0.1) is 23.7 Å². The molecule has 6 nitrogen and oxygen atoms in total. The Bertz CT molecular complexity index is 798. The molecule has 8 heteroatoms. The molecule has 0 spiro atoms. The number of pyridine rings is 1. The third kappa shape index (κ3) is 3.33. The molecule has 0 bridgehead atoms. The van der Waals surface area contributed by atoms with Crippen molar-refractivity contribution in [2.45, 2.75) is 37.6 Å². The number of hydrogen-bond acceptors (Lipinski definition) is 7. The molecule has 1 saturated carbocycles. The first-order chi connectivity index (χ1) is 11.2. The lowest BCUT2D eigenvalue weighted by atomic mass is 9.99. The zero-order valence-electron chi connectivity index (χ0n) is 13.0. The Balaban J connectivity index is 0.00000169. The molecule has 0 aliphatic heterocycles. The van der Waals surface area contributed by atoms with E-state index >= 15 is 0 Å². The van der Waals surface area contributed by atoms with Gasteiger partial charge in [0.1, 0.15) is 5.01 Å². The van der Waals surface area contributed by atoms with Crippen molar-refractivity contribution in [2.75, 3.05) is 0 Å². The highest BCUT2D eigenvalue weighted by atomic mass is 35.5. The van der Waals surface area contributed by atoms with E-state index in [4.69, 9.17) is 10.3 Å². The molecule has 0 saturated heterocycles. The highest BCUT2D eigenvalue weighted by Gasteiger charge is 2.35. The maximum absolute atomic E-state index is 6.36. The molecule has 2 N–H and O–H groups in total. The maximum atomic E-state index is 6.36. The summed E-state index contributed by atoms with van der Waals surface area (Å²) in [5, 5.41) is 6.98. The molecule has 1 aliphatic rings. The predicted molar refractivity (Wildman–Crippen MR) is 94.0 cm³/mol. The lowest BCUT2D eigenvalue weighted by molar-refractivity contribution is 0.352. The van der Waals surface area contributed by atoms with Gasteiger partial charge in [0.25, 0.3) is 0 Å². The van der Waals surface area contributed by atoms with Crippen molar-refractivity contribution in [1.82, 2.24) is 20.1 Å². The van der Waals surface area contributed by atoms with Crippen molar-refractivity contribution in [3.63, 3.8) is 0 Å². The third-order valence-electron chi connectivity index (χ3n) is 4.18. The Morgan fingerprint density at radius 2 is 2.04 bits per heavy atom. The minimum Gasteiger partial charge on any atom is -0.339 e. The van der Waals surface area contributed by atoms with Gasteiger partial charge in [-0.25, -0.2) is 4.98 Å². The summed E-state index contributed by atoms with van der Waals surface area (Å²) in [5.74, 6) is 1.19. The SMILES string of the molecule is Cl.NC1(c2noc(Cc3csc(-c4ccccn4)n3)n2)CCCC1. The average Bonchev–Trinajstić information content (AvgIpc) is 3.30. The molecule has 24 heavy (non-hydrogen) atoms. The molecular formula is C16H18ClN5OS. The van der Waals surface area contributed by atoms with Gasteiger partial charge in [0, 0.05) is 11.6 Å². The van der Waals surface area contributed by atoms with E-state index in [1.54, 1.807) is 17.5 Å². The van der Waals surface area contributed by atoms with Crippen molar-refractivity contribution in [3.8, 4) is 10.7 Å². The van der Waals surface area contributed by atoms with Crippen LogP contribution in [0.4, 0.5) is 0 Å². The summed E-state index contributed by atoms with van der Waals surface area (Å²) in [6.07, 6.45) is 6.38. The molecule has 126 valence electrons. The van der Waals surface area contributed by atoms with Crippen LogP contribution in [0.5, 0.6) is 0 Å². The molecule has 3 heterocycles. The highest BCUT2D eigenvalue weighted by molar-refractivity contribution is 7.13. The molecular weight excluding hydrogens is 346 g/mol. The lowest BCUT2D eigenvalue weighted by Crippen LogP contribution is -2.34. The normalized spacial score (nSPS) is 16.0. The Labute approximate surface area is 149 Å². The van der Waals surface area contributed by atoms with Gasteiger partial charge in [-0.2, -0.15) is 4.98 Å². The van der Waals surface area contributed by atoms with Crippen LogP contribution in [0.3, 0.4) is 0 Å². The summed E-state index contributed by atoms with van der Waals surface area (Å²) in [6, 6.07) is 5.80. The Morgan fingerprint density at radius 3 is 2.79 bits per heavy atom. The summed E-state index contributed by atoms with van der Waals surface area (Å²) in [4.78, 5) is 13.4. The zero-order valence-corrected chi connectivity index (χ0v) is 14.6. The molecule has 1 fully saturated rings. The lowest BCUT2D eigenvalue weighted by Gasteiger charge is -2.17. The fourth-order valence-corrected chi connectivity index (χ4v) is 3.70. The molecule has 0 amide bonds. The maximum Gasteiger partial charge on any atom is 0.232 e. The van der Waals surface area contributed by atoms with Crippen molar-refractivity contribution in [2.24, 2.45) is 5.73 Å². The second kappa shape index (κ2) is 6.96. The standard InChI is InChI=1S/C16H17N5OS.ClH/c17-16(6-2-3-7-16)15-20-13(22-21-15)9-11-10-23-14(19-11)12-5-1-4-8-18-12;/h1,4-5,8,10H,2-3,6-7,9,17H2;1H. The predicted octanol–water partition coefficient (Wildman–Crippen LogP) is 3.33. The fourth-order valence-electron chi connectivity index (χ4n) is 2.91. The van der Waals surface area contributed by atoms with Crippen LogP contribution in [0, 0.1) is 0 Å². The molecule has 4 rings (SSSR count). The van der Waals surface area contributed by atoms with Crippen LogP contribution < -0.4 is 5.73 Å². The van der Waals surface area contributed by atoms with Gasteiger partial charge >= 0.3 is 0 Å². The number of rotatable bonds is 4. The summed E-state index contributed by atoms with van der Waals surface area (Å²) in [6.45, 7) is 0. The molecule has 0 radical (unpaired) electrons. The van der Waals surface area contributed by atoms with Gasteiger partial charge in [0.2, 0.25) is 5.89 Å². The first kappa shape index (κ1) is 17.0. The topological polar surface area (TPSA) is 90.7 Å². The number of halogens is 1. The highest BCUT2D eigenvalue weighted by Crippen LogP contribution is 2.34. The quantitative estimate of drug-likeness (QED) is 0.764. The average molecular weight is 364 g/mol. The van der Waals surface area contributed by atoms with Gasteiger partial charge in [-0.1, -0.05) is 24.1 Å². The van der Waals surface area contributed by atoms with E-state index in [9.17, 15) is 0 Å². The van der Waals surface area contributed by atoms with Crippen LogP contribution in [0.15, 0.2) is 34.3 Å². The van der Waals surface area contributed by atoms with Crippen LogP contribution in [0.2, 0.25) is 0 Å². The van der Waals surface area contributed by atoms with Gasteiger partial charge in [-0.3, -0.25) is 4.98 Å². The number of aromatic nitrogens is 4. The van der Waals surface area contributed by atoms with E-state index in [0.29, 0.717) is 18.1 Å². The summed E-state index contributed by atoms with van der Waals surface area (Å²) < 4.78 is 5.37. The number of hydrogen-bond donors (Lipinski definition) is 1. The monoisotopic (exact) mass is 363 g/mol. The first-order valence-electron chi connectivity index (χ1n) is 7.71. The van der Waals surface area contributed by atoms with Crippen LogP contribution in [0.25, 0.3) is 10.7 Å². The van der Waals surface area contributed by atoms with E-state index < -0.39 is 5.54 Å². The Hall–Kier alpha value is -1.83. The van der Waals surface area contributed by atoms with E-state index in [1.165, 1.54) is 0 Å². The van der Waals surface area contributed by atoms with Crippen molar-refractivity contribution in [1.29, 1.82) is 0 Å². The summed E-state index contributed by atoms with van der Waals surface area (Å²) in [5.41, 5.74) is 7.73. The van der Waals surface area contributed by atoms with Crippen molar-refractivity contribution < 1.29 is 4.52 Å². The zero-order chi connectivity index (χ0) is 15.7. The molecule has 0 aromatic carbocycles. The number of thiazole rings is 1. The number of nitrogens with two attached hydrogens (primary N) is 1. The van der Waals surface area contributed by atoms with Gasteiger partial charge in [0.05, 0.1) is 23.3 Å². The van der Waals surface area contributed by atoms with Gasteiger partial charge in [0.15, 0.2) is 5.82 Å². The number of nitrogens with zero attached hydrogens (tertiary/aromatic N) is 4. The van der Waals surface area contributed by atoms with Crippen LogP contribution in [-0.4, -0.2) is 20.1 Å². The van der Waals surface area contributed by atoms with Crippen LogP contribution >= 0.6 is 23.7 Å². The van der Waals surface area contributed by atoms with E-state index in [-0.39, 0.29) is 12.4 Å². The Morgan fingerprint density at radius 1 is 1.21 bits per heavy atom. The van der Waals surface area contributed by atoms with E-state index in [1.807, 2.05) is 23.6 Å².